The van der Waals surface area contributed by atoms with Crippen LogP contribution in [0.3, 0.4) is 0 Å². The predicted molar refractivity (Wildman–Crippen MR) is 110 cm³/mol. The van der Waals surface area contributed by atoms with Crippen LogP contribution in [0.4, 0.5) is 8.78 Å². The molecule has 142 valence electrons. The summed E-state index contributed by atoms with van der Waals surface area (Å²) in [6, 6.07) is 24.1. The van der Waals surface area contributed by atoms with Gasteiger partial charge in [-0.25, -0.2) is 8.78 Å². The van der Waals surface area contributed by atoms with E-state index in [4.69, 9.17) is 0 Å². The van der Waals surface area contributed by atoms with Crippen molar-refractivity contribution in [2.75, 3.05) is 0 Å². The average molecular weight is 384 g/mol. The van der Waals surface area contributed by atoms with Crippen LogP contribution in [0.5, 0.6) is 0 Å². The molecule has 1 heterocycles. The Kier molecular flexibility index (Phi) is 4.13. The highest BCUT2D eigenvalue weighted by Gasteiger charge is 2.37. The van der Waals surface area contributed by atoms with Crippen LogP contribution < -0.4 is 0 Å². The van der Waals surface area contributed by atoms with Gasteiger partial charge in [0.15, 0.2) is 11.6 Å². The van der Waals surface area contributed by atoms with E-state index < -0.39 is 17.0 Å². The normalized spacial score (nSPS) is 17.9. The molecule has 0 fully saturated rings. The van der Waals surface area contributed by atoms with Gasteiger partial charge in [-0.3, -0.25) is 5.10 Å². The fourth-order valence-electron chi connectivity index (χ4n) is 4.15. The summed E-state index contributed by atoms with van der Waals surface area (Å²) in [5, 5.41) is 7.72. The number of allylic oxidation sites excluding steroid dienone is 1. The quantitative estimate of drug-likeness (QED) is 0.467. The first-order valence-electron chi connectivity index (χ1n) is 9.50. The van der Waals surface area contributed by atoms with Gasteiger partial charge in [0.25, 0.3) is 0 Å². The topological polar surface area (TPSA) is 28.7 Å². The lowest BCUT2D eigenvalue weighted by Crippen LogP contribution is -2.30. The van der Waals surface area contributed by atoms with Crippen LogP contribution in [0.1, 0.15) is 22.4 Å². The van der Waals surface area contributed by atoms with E-state index in [0.717, 1.165) is 28.1 Å². The van der Waals surface area contributed by atoms with Gasteiger partial charge in [-0.05, 0) is 23.3 Å². The molecule has 0 saturated carbocycles. The minimum atomic E-state index is -0.842. The van der Waals surface area contributed by atoms with Gasteiger partial charge in [-0.15, -0.1) is 0 Å². The molecule has 1 aromatic heterocycles. The molecule has 1 aliphatic rings. The van der Waals surface area contributed by atoms with Crippen LogP contribution in [-0.4, -0.2) is 10.2 Å². The Morgan fingerprint density at radius 1 is 0.793 bits per heavy atom. The number of H-pyrrole nitrogens is 1. The molecule has 1 N–H and O–H groups in total. The van der Waals surface area contributed by atoms with Gasteiger partial charge >= 0.3 is 0 Å². The molecule has 0 amide bonds. The van der Waals surface area contributed by atoms with Gasteiger partial charge < -0.3 is 0 Å². The van der Waals surface area contributed by atoms with Crippen LogP contribution in [0, 0.1) is 11.6 Å². The van der Waals surface area contributed by atoms with Crippen LogP contribution in [-0.2, 0) is 11.8 Å². The van der Waals surface area contributed by atoms with Crippen molar-refractivity contribution in [1.82, 2.24) is 10.2 Å². The van der Waals surface area contributed by atoms with Gasteiger partial charge in [0.2, 0.25) is 0 Å². The van der Waals surface area contributed by atoms with Gasteiger partial charge in [0, 0.05) is 28.7 Å². The van der Waals surface area contributed by atoms with E-state index in [-0.39, 0.29) is 0 Å². The molecular weight excluding hydrogens is 366 g/mol. The summed E-state index contributed by atoms with van der Waals surface area (Å²) in [5.74, 6) is -1.68. The molecule has 0 bridgehead atoms. The number of nitrogens with one attached hydrogen (secondary N) is 1. The Balaban J connectivity index is 1.67. The molecule has 0 spiro atoms. The Hall–Kier alpha value is -3.53. The molecule has 4 aromatic rings. The molecule has 0 aliphatic heterocycles. The van der Waals surface area contributed by atoms with E-state index in [1.54, 1.807) is 6.07 Å². The summed E-state index contributed by atoms with van der Waals surface area (Å²) < 4.78 is 27.7. The van der Waals surface area contributed by atoms with Crippen LogP contribution >= 0.6 is 0 Å². The fraction of sp³-hybridized carbons (Fsp3) is 0.0800. The highest BCUT2D eigenvalue weighted by molar-refractivity contribution is 5.76. The zero-order chi connectivity index (χ0) is 19.8. The van der Waals surface area contributed by atoms with Crippen LogP contribution in [0.25, 0.3) is 17.3 Å². The zero-order valence-electron chi connectivity index (χ0n) is 15.6. The minimum Gasteiger partial charge on any atom is -0.281 e. The van der Waals surface area contributed by atoms with Crippen molar-refractivity contribution >= 4 is 6.08 Å². The lowest BCUT2D eigenvalue weighted by Gasteiger charge is -2.34. The number of hydrogen-bond acceptors (Lipinski definition) is 1. The Bertz CT molecular complexity index is 1200. The fourth-order valence-corrected chi connectivity index (χ4v) is 4.15. The lowest BCUT2D eigenvalue weighted by atomic mass is 9.68. The monoisotopic (exact) mass is 384 g/mol. The van der Waals surface area contributed by atoms with Crippen molar-refractivity contribution in [2.24, 2.45) is 0 Å². The first-order valence-corrected chi connectivity index (χ1v) is 9.50. The summed E-state index contributed by atoms with van der Waals surface area (Å²) >= 11 is 0. The Morgan fingerprint density at radius 2 is 1.52 bits per heavy atom. The molecule has 1 unspecified atom stereocenters. The minimum absolute atomic E-state index is 0.577. The number of aromatic amines is 1. The molecule has 0 radical (unpaired) electrons. The summed E-state index contributed by atoms with van der Waals surface area (Å²) in [4.78, 5) is 0. The van der Waals surface area contributed by atoms with Crippen molar-refractivity contribution < 1.29 is 8.78 Å². The lowest BCUT2D eigenvalue weighted by molar-refractivity contribution is 0.502. The third kappa shape index (κ3) is 2.88. The summed E-state index contributed by atoms with van der Waals surface area (Å²) in [7, 11) is 0. The number of aromatic nitrogens is 2. The second kappa shape index (κ2) is 6.82. The molecule has 0 saturated heterocycles. The van der Waals surface area contributed by atoms with Crippen molar-refractivity contribution in [1.29, 1.82) is 0 Å². The van der Waals surface area contributed by atoms with E-state index in [9.17, 15) is 8.78 Å². The first kappa shape index (κ1) is 17.6. The first-order chi connectivity index (χ1) is 14.2. The number of benzene rings is 3. The second-order valence-corrected chi connectivity index (χ2v) is 7.31. The van der Waals surface area contributed by atoms with Crippen molar-refractivity contribution in [3.05, 3.63) is 119 Å². The Labute approximate surface area is 167 Å². The van der Waals surface area contributed by atoms with Gasteiger partial charge in [0.05, 0.1) is 5.69 Å². The number of rotatable bonds is 3. The van der Waals surface area contributed by atoms with E-state index >= 15 is 0 Å². The molecule has 1 atom stereocenters. The third-order valence-corrected chi connectivity index (χ3v) is 5.64. The number of halogens is 2. The number of fused-ring (bicyclic) bond motifs is 1. The predicted octanol–water partition coefficient (Wildman–Crippen LogP) is 5.91. The molecule has 1 aliphatic carbocycles. The summed E-state index contributed by atoms with van der Waals surface area (Å²) in [6.07, 6.45) is 4.70. The highest BCUT2D eigenvalue weighted by Crippen LogP contribution is 2.43. The molecule has 5 rings (SSSR count). The van der Waals surface area contributed by atoms with Crippen LogP contribution in [0.15, 0.2) is 84.9 Å². The maximum atomic E-state index is 14.1. The van der Waals surface area contributed by atoms with Crippen molar-refractivity contribution in [3.63, 3.8) is 0 Å². The van der Waals surface area contributed by atoms with Crippen LogP contribution in [0.2, 0.25) is 0 Å². The zero-order valence-corrected chi connectivity index (χ0v) is 15.6. The van der Waals surface area contributed by atoms with E-state index in [2.05, 4.69) is 16.3 Å². The van der Waals surface area contributed by atoms with E-state index in [0.29, 0.717) is 12.0 Å². The summed E-state index contributed by atoms with van der Waals surface area (Å²) in [6.45, 7) is 0. The van der Waals surface area contributed by atoms with Crippen molar-refractivity contribution in [2.45, 2.75) is 11.8 Å². The van der Waals surface area contributed by atoms with Gasteiger partial charge in [-0.2, -0.15) is 5.10 Å². The largest absolute Gasteiger partial charge is 0.281 e. The molecule has 29 heavy (non-hydrogen) atoms. The third-order valence-electron chi connectivity index (χ3n) is 5.64. The highest BCUT2D eigenvalue weighted by atomic mass is 19.2. The molecule has 3 aromatic carbocycles. The van der Waals surface area contributed by atoms with Gasteiger partial charge in [-0.1, -0.05) is 78.9 Å². The van der Waals surface area contributed by atoms with Gasteiger partial charge in [0.1, 0.15) is 0 Å². The summed E-state index contributed by atoms with van der Waals surface area (Å²) in [5.41, 5.74) is 5.05. The SMILES string of the molecule is Fc1ccc(C2(c3ccccc3)C=Cc3c(-c4ccccc4)n[nH]c3C2)cc1F. The van der Waals surface area contributed by atoms with E-state index in [1.807, 2.05) is 66.7 Å². The maximum absolute atomic E-state index is 14.1. The average Bonchev–Trinajstić information content (AvgIpc) is 3.20. The van der Waals surface area contributed by atoms with Crippen molar-refractivity contribution in [3.8, 4) is 11.3 Å². The van der Waals surface area contributed by atoms with E-state index in [1.165, 1.54) is 12.1 Å². The molecule has 4 heteroatoms. The number of hydrogen-bond donors (Lipinski definition) is 1. The smallest absolute Gasteiger partial charge is 0.159 e. The molecule has 2 nitrogen and oxygen atoms in total. The molecular formula is C25H18F2N2. The number of nitrogens with zero attached hydrogens (tertiary/aromatic N) is 1. The maximum Gasteiger partial charge on any atom is 0.159 e. The standard InChI is InChI=1S/C25H18F2N2/c26-21-12-11-19(15-22(21)27)25(18-9-5-2-6-10-18)14-13-20-23(16-25)28-29-24(20)17-7-3-1-4-8-17/h1-15H,16H2,(H,28,29). The Morgan fingerprint density at radius 3 is 2.24 bits per heavy atom. The second-order valence-electron chi connectivity index (χ2n) is 7.31.